The second-order valence-electron chi connectivity index (χ2n) is 8.50. The molecule has 0 radical (unpaired) electrons. The van der Waals surface area contributed by atoms with Crippen molar-refractivity contribution in [2.24, 2.45) is 23.7 Å². The van der Waals surface area contributed by atoms with Gasteiger partial charge in [0.1, 0.15) is 5.75 Å². The molecule has 2 aliphatic carbocycles. The summed E-state index contributed by atoms with van der Waals surface area (Å²) in [5.74, 6) is -0.122. The number of carbonyl (C=O) groups excluding carboxylic acids is 3. The van der Waals surface area contributed by atoms with E-state index >= 15 is 0 Å². The number of Topliss-reactive ketones (excluding diaryl/α,β-unsaturated/α-hetero) is 1. The summed E-state index contributed by atoms with van der Waals surface area (Å²) in [6.45, 7) is 1.70. The average molecular weight is 547 g/mol. The highest BCUT2D eigenvalue weighted by Gasteiger charge is 2.66. The standard InChI is InChI=1S/C24H21Br2NO4/c1-12(22(28)13-6-3-2-4-7-13)31-15-9-5-8-14(10-15)27-23(29)18-16-11-17(19(18)24(27)30)21(26)20(16)25/h2-10,12,16-21H,11H2,1H3. The van der Waals surface area contributed by atoms with Crippen molar-refractivity contribution in [3.8, 4) is 5.75 Å². The molecule has 1 saturated heterocycles. The van der Waals surface area contributed by atoms with Gasteiger partial charge in [-0.3, -0.25) is 14.4 Å². The SMILES string of the molecule is CC(Oc1cccc(N2C(=O)C3C4CC(C(Br)C4Br)C3C2=O)c1)C(=O)c1ccccc1. The van der Waals surface area contributed by atoms with Crippen molar-refractivity contribution < 1.29 is 19.1 Å². The summed E-state index contributed by atoms with van der Waals surface area (Å²) in [5.41, 5.74) is 1.07. The van der Waals surface area contributed by atoms with Crippen LogP contribution in [0.1, 0.15) is 23.7 Å². The molecule has 1 aliphatic heterocycles. The Hall–Kier alpha value is -1.99. The van der Waals surface area contributed by atoms with Gasteiger partial charge in [0.25, 0.3) is 0 Å². The van der Waals surface area contributed by atoms with E-state index in [2.05, 4.69) is 31.9 Å². The number of alkyl halides is 2. The zero-order chi connectivity index (χ0) is 21.9. The normalized spacial score (nSPS) is 32.3. The van der Waals surface area contributed by atoms with Gasteiger partial charge in [-0.25, -0.2) is 4.90 Å². The molecule has 2 aromatic carbocycles. The fourth-order valence-electron chi connectivity index (χ4n) is 5.39. The van der Waals surface area contributed by atoms with E-state index in [1.54, 1.807) is 43.3 Å². The average Bonchev–Trinajstić information content (AvgIpc) is 3.38. The highest BCUT2D eigenvalue weighted by atomic mass is 79.9. The molecule has 1 heterocycles. The highest BCUT2D eigenvalue weighted by molar-refractivity contribution is 9.12. The number of hydrogen-bond acceptors (Lipinski definition) is 4. The number of nitrogens with zero attached hydrogens (tertiary/aromatic N) is 1. The van der Waals surface area contributed by atoms with Crippen LogP contribution in [0.2, 0.25) is 0 Å². The molecule has 3 aliphatic rings. The minimum Gasteiger partial charge on any atom is -0.482 e. The number of benzene rings is 2. The van der Waals surface area contributed by atoms with Gasteiger partial charge in [0, 0.05) is 21.3 Å². The van der Waals surface area contributed by atoms with Crippen LogP contribution in [0.15, 0.2) is 54.6 Å². The van der Waals surface area contributed by atoms with Gasteiger partial charge in [-0.1, -0.05) is 68.3 Å². The van der Waals surface area contributed by atoms with Crippen LogP contribution in [-0.4, -0.2) is 33.4 Å². The molecule has 0 spiro atoms. The summed E-state index contributed by atoms with van der Waals surface area (Å²) in [6, 6.07) is 15.9. The van der Waals surface area contributed by atoms with Crippen molar-refractivity contribution in [2.45, 2.75) is 29.1 Å². The first-order valence-corrected chi connectivity index (χ1v) is 12.2. The Morgan fingerprint density at radius 3 is 2.19 bits per heavy atom. The highest BCUT2D eigenvalue weighted by Crippen LogP contribution is 2.60. The predicted molar refractivity (Wildman–Crippen MR) is 124 cm³/mol. The van der Waals surface area contributed by atoms with E-state index in [-0.39, 0.29) is 50.9 Å². The molecule has 0 N–H and O–H groups in total. The lowest BCUT2D eigenvalue weighted by molar-refractivity contribution is -0.123. The van der Waals surface area contributed by atoms with Gasteiger partial charge in [-0.05, 0) is 37.3 Å². The fourth-order valence-corrected chi connectivity index (χ4v) is 7.27. The minimum atomic E-state index is -0.693. The van der Waals surface area contributed by atoms with Crippen LogP contribution in [0.4, 0.5) is 5.69 Å². The molecule has 7 unspecified atom stereocenters. The first kappa shape index (κ1) is 20.9. The first-order chi connectivity index (χ1) is 14.9. The smallest absolute Gasteiger partial charge is 0.238 e. The lowest BCUT2D eigenvalue weighted by atomic mass is 9.81. The maximum Gasteiger partial charge on any atom is 0.238 e. The Morgan fingerprint density at radius 2 is 1.58 bits per heavy atom. The predicted octanol–water partition coefficient (Wildman–Crippen LogP) is 4.62. The maximum atomic E-state index is 13.2. The number of anilines is 1. The summed E-state index contributed by atoms with van der Waals surface area (Å²) in [4.78, 5) is 40.8. The van der Waals surface area contributed by atoms with Crippen molar-refractivity contribution in [1.82, 2.24) is 0 Å². The number of rotatable bonds is 5. The van der Waals surface area contributed by atoms with Gasteiger partial charge in [0.2, 0.25) is 17.6 Å². The molecular weight excluding hydrogens is 526 g/mol. The molecular formula is C24H21Br2NO4. The number of carbonyl (C=O) groups is 3. The molecule has 2 aromatic rings. The summed E-state index contributed by atoms with van der Waals surface area (Å²) in [6.07, 6.45) is 0.204. The molecule has 2 saturated carbocycles. The number of halogens is 2. The Labute approximate surface area is 197 Å². The van der Waals surface area contributed by atoms with Gasteiger partial charge < -0.3 is 4.74 Å². The topological polar surface area (TPSA) is 63.7 Å². The largest absolute Gasteiger partial charge is 0.482 e. The van der Waals surface area contributed by atoms with E-state index in [1.165, 1.54) is 4.90 Å². The summed E-state index contributed by atoms with van der Waals surface area (Å²) < 4.78 is 5.87. The number of imide groups is 1. The van der Waals surface area contributed by atoms with Crippen LogP contribution in [0.3, 0.4) is 0 Å². The molecule has 31 heavy (non-hydrogen) atoms. The first-order valence-electron chi connectivity index (χ1n) is 10.4. The van der Waals surface area contributed by atoms with Gasteiger partial charge in [-0.15, -0.1) is 0 Å². The van der Waals surface area contributed by atoms with Crippen LogP contribution < -0.4 is 9.64 Å². The molecule has 0 aromatic heterocycles. The van der Waals surface area contributed by atoms with E-state index in [0.29, 0.717) is 17.0 Å². The summed E-state index contributed by atoms with van der Waals surface area (Å²) in [5, 5.41) is 0. The molecule has 160 valence electrons. The van der Waals surface area contributed by atoms with E-state index in [9.17, 15) is 14.4 Å². The van der Waals surface area contributed by atoms with Gasteiger partial charge in [0.15, 0.2) is 6.10 Å². The van der Waals surface area contributed by atoms with Crippen molar-refractivity contribution in [2.75, 3.05) is 4.90 Å². The minimum absolute atomic E-state index is 0.128. The Bertz CT molecular complexity index is 1030. The number of amides is 2. The van der Waals surface area contributed by atoms with Crippen molar-refractivity contribution >= 4 is 55.1 Å². The molecule has 3 fully saturated rings. The van der Waals surface area contributed by atoms with E-state index in [1.807, 2.05) is 18.2 Å². The third-order valence-electron chi connectivity index (χ3n) is 6.80. The van der Waals surface area contributed by atoms with E-state index in [0.717, 1.165) is 6.42 Å². The molecule has 5 rings (SSSR count). The number of hydrogen-bond donors (Lipinski definition) is 0. The Balaban J connectivity index is 1.37. The summed E-state index contributed by atoms with van der Waals surface area (Å²) in [7, 11) is 0. The lowest BCUT2D eigenvalue weighted by Gasteiger charge is -2.28. The van der Waals surface area contributed by atoms with Gasteiger partial charge >= 0.3 is 0 Å². The zero-order valence-electron chi connectivity index (χ0n) is 16.8. The van der Waals surface area contributed by atoms with Crippen LogP contribution >= 0.6 is 31.9 Å². The van der Waals surface area contributed by atoms with Crippen molar-refractivity contribution in [3.63, 3.8) is 0 Å². The third-order valence-corrected chi connectivity index (χ3v) is 10.0. The molecule has 7 atom stereocenters. The van der Waals surface area contributed by atoms with E-state index in [4.69, 9.17) is 4.74 Å². The Kier molecular flexibility index (Phi) is 5.29. The summed E-state index contributed by atoms with van der Waals surface area (Å²) >= 11 is 7.42. The number of ether oxygens (including phenoxy) is 1. The number of fused-ring (bicyclic) bond motifs is 5. The molecule has 7 heteroatoms. The maximum absolute atomic E-state index is 13.2. The van der Waals surface area contributed by atoms with Crippen LogP contribution in [-0.2, 0) is 9.59 Å². The van der Waals surface area contributed by atoms with Crippen molar-refractivity contribution in [3.05, 3.63) is 60.2 Å². The zero-order valence-corrected chi connectivity index (χ0v) is 20.0. The van der Waals surface area contributed by atoms with Gasteiger partial charge in [-0.2, -0.15) is 0 Å². The van der Waals surface area contributed by atoms with Gasteiger partial charge in [0.05, 0.1) is 17.5 Å². The van der Waals surface area contributed by atoms with Crippen LogP contribution in [0, 0.1) is 23.7 Å². The second kappa shape index (κ2) is 7.85. The number of ketones is 1. The molecule has 2 amide bonds. The lowest BCUT2D eigenvalue weighted by Crippen LogP contribution is -2.37. The van der Waals surface area contributed by atoms with Crippen molar-refractivity contribution in [1.29, 1.82) is 0 Å². The van der Waals surface area contributed by atoms with Crippen LogP contribution in [0.5, 0.6) is 5.75 Å². The fraction of sp³-hybridized carbons (Fsp3) is 0.375. The second-order valence-corrected chi connectivity index (χ2v) is 10.6. The monoisotopic (exact) mass is 545 g/mol. The quantitative estimate of drug-likeness (QED) is 0.312. The third kappa shape index (κ3) is 3.28. The Morgan fingerprint density at radius 1 is 0.968 bits per heavy atom. The molecule has 2 bridgehead atoms. The molecule has 5 nitrogen and oxygen atoms in total. The van der Waals surface area contributed by atoms with Crippen LogP contribution in [0.25, 0.3) is 0 Å². The van der Waals surface area contributed by atoms with E-state index < -0.39 is 6.10 Å².